The largest absolute Gasteiger partial charge is 0.459 e. The summed E-state index contributed by atoms with van der Waals surface area (Å²) in [7, 11) is 0. The Bertz CT molecular complexity index is 1360. The van der Waals surface area contributed by atoms with E-state index in [0.717, 1.165) is 15.3 Å². The molecule has 0 spiro atoms. The van der Waals surface area contributed by atoms with E-state index < -0.39 is 0 Å². The number of rotatable bonds is 5. The van der Waals surface area contributed by atoms with Crippen molar-refractivity contribution in [3.05, 3.63) is 77.3 Å². The van der Waals surface area contributed by atoms with Crippen molar-refractivity contribution in [1.82, 2.24) is 9.88 Å². The fraction of sp³-hybridized carbons (Fsp3) is 0.160. The lowest BCUT2D eigenvalue weighted by molar-refractivity contribution is -0.126. The highest BCUT2D eigenvalue weighted by atomic mass is 32.1. The second-order valence-electron chi connectivity index (χ2n) is 7.62. The number of thiophene rings is 1. The lowest BCUT2D eigenvalue weighted by Gasteiger charge is -2.33. The average molecular weight is 475 g/mol. The van der Waals surface area contributed by atoms with E-state index in [4.69, 9.17) is 8.83 Å². The number of nitriles is 1. The van der Waals surface area contributed by atoms with Gasteiger partial charge < -0.3 is 18.6 Å². The van der Waals surface area contributed by atoms with Crippen molar-refractivity contribution in [1.29, 1.82) is 5.26 Å². The molecule has 170 valence electrons. The van der Waals surface area contributed by atoms with Gasteiger partial charge in [0.05, 0.1) is 6.26 Å². The van der Waals surface area contributed by atoms with Gasteiger partial charge in [0.1, 0.15) is 11.9 Å². The van der Waals surface area contributed by atoms with Crippen LogP contribution in [-0.2, 0) is 4.79 Å². The van der Waals surface area contributed by atoms with Crippen LogP contribution in [0.4, 0.5) is 10.3 Å². The number of oxazole rings is 1. The number of carbonyl (C=O) groups is 1. The molecule has 0 aliphatic carbocycles. The third-order valence-corrected chi connectivity index (χ3v) is 6.57. The van der Waals surface area contributed by atoms with Crippen LogP contribution >= 0.6 is 11.3 Å². The maximum atomic E-state index is 13.1. The fourth-order valence-corrected chi connectivity index (χ4v) is 4.62. The van der Waals surface area contributed by atoms with Crippen molar-refractivity contribution in [2.45, 2.75) is 0 Å². The molecule has 4 aromatic rings. The summed E-state index contributed by atoms with van der Waals surface area (Å²) in [6.45, 7) is 2.04. The first-order chi connectivity index (χ1) is 16.6. The molecular formula is C25H19FN4O3S. The lowest BCUT2D eigenvalue weighted by atomic mass is 10.2. The number of anilines is 1. The van der Waals surface area contributed by atoms with Crippen LogP contribution in [0.3, 0.4) is 0 Å². The average Bonchev–Trinajstić information content (AvgIpc) is 3.63. The Labute approximate surface area is 199 Å². The van der Waals surface area contributed by atoms with Crippen LogP contribution in [0.1, 0.15) is 10.6 Å². The molecule has 1 amide bonds. The minimum Gasteiger partial charge on any atom is -0.459 e. The zero-order chi connectivity index (χ0) is 23.5. The van der Waals surface area contributed by atoms with Gasteiger partial charge in [-0.1, -0.05) is 12.1 Å². The Hall–Kier alpha value is -4.16. The Morgan fingerprint density at radius 1 is 1.12 bits per heavy atom. The minimum absolute atomic E-state index is 0.0780. The highest BCUT2D eigenvalue weighted by Gasteiger charge is 2.26. The van der Waals surface area contributed by atoms with Gasteiger partial charge in [-0.25, -0.2) is 4.39 Å². The Kier molecular flexibility index (Phi) is 5.97. The van der Waals surface area contributed by atoms with Gasteiger partial charge >= 0.3 is 0 Å². The maximum absolute atomic E-state index is 13.1. The van der Waals surface area contributed by atoms with Crippen LogP contribution in [0, 0.1) is 17.1 Å². The molecule has 5 rings (SSSR count). The molecule has 1 saturated heterocycles. The molecule has 3 aromatic heterocycles. The summed E-state index contributed by atoms with van der Waals surface area (Å²) in [5.41, 5.74) is 1.13. The number of furan rings is 1. The zero-order valence-corrected chi connectivity index (χ0v) is 18.8. The van der Waals surface area contributed by atoms with Gasteiger partial charge in [0.25, 0.3) is 5.89 Å². The molecule has 0 N–H and O–H groups in total. The summed E-state index contributed by atoms with van der Waals surface area (Å²) in [4.78, 5) is 22.5. The third-order valence-electron chi connectivity index (χ3n) is 5.47. The van der Waals surface area contributed by atoms with E-state index in [2.05, 4.69) is 11.1 Å². The number of amides is 1. The standard InChI is InChI=1S/C25H19FN4O3S/c26-18-5-3-17(4-6-18)22-9-7-19(34-22)8-10-23(31)29-11-13-30(14-12-29)25-20(16-27)28-24(33-25)21-2-1-15-32-21/h1-10,15H,11-14H2/b10-8+. The molecule has 1 aromatic carbocycles. The van der Waals surface area contributed by atoms with Crippen molar-refractivity contribution in [2.24, 2.45) is 0 Å². The number of carbonyl (C=O) groups excluding carboxylic acids is 1. The van der Waals surface area contributed by atoms with Gasteiger partial charge in [-0.2, -0.15) is 10.2 Å². The zero-order valence-electron chi connectivity index (χ0n) is 18.0. The van der Waals surface area contributed by atoms with Gasteiger partial charge in [0.2, 0.25) is 17.5 Å². The first-order valence-corrected chi connectivity index (χ1v) is 11.4. The van der Waals surface area contributed by atoms with Crippen LogP contribution < -0.4 is 4.90 Å². The summed E-state index contributed by atoms with van der Waals surface area (Å²) >= 11 is 1.54. The number of nitrogens with zero attached hydrogens (tertiary/aromatic N) is 4. The summed E-state index contributed by atoms with van der Waals surface area (Å²) in [6, 6.07) is 15.8. The molecule has 0 bridgehead atoms. The summed E-state index contributed by atoms with van der Waals surface area (Å²) in [5, 5.41) is 9.45. The van der Waals surface area contributed by atoms with E-state index in [1.165, 1.54) is 29.7 Å². The number of aromatic nitrogens is 1. The highest BCUT2D eigenvalue weighted by Crippen LogP contribution is 2.30. The molecular weight excluding hydrogens is 455 g/mol. The lowest BCUT2D eigenvalue weighted by Crippen LogP contribution is -2.48. The number of benzene rings is 1. The molecule has 0 unspecified atom stereocenters. The quantitative estimate of drug-likeness (QED) is 0.377. The molecule has 7 nitrogen and oxygen atoms in total. The number of piperazine rings is 1. The maximum Gasteiger partial charge on any atom is 0.266 e. The van der Waals surface area contributed by atoms with Gasteiger partial charge in [-0.3, -0.25) is 4.79 Å². The van der Waals surface area contributed by atoms with E-state index in [1.807, 2.05) is 17.0 Å². The Morgan fingerprint density at radius 3 is 2.62 bits per heavy atom. The molecule has 0 saturated carbocycles. The normalized spacial score (nSPS) is 14.0. The van der Waals surface area contributed by atoms with Crippen molar-refractivity contribution < 1.29 is 18.0 Å². The molecule has 0 atom stereocenters. The molecule has 1 fully saturated rings. The molecule has 4 heterocycles. The van der Waals surface area contributed by atoms with Crippen molar-refractivity contribution >= 4 is 29.2 Å². The second-order valence-corrected chi connectivity index (χ2v) is 8.73. The SMILES string of the molecule is N#Cc1nc(-c2ccco2)oc1N1CCN(C(=O)/C=C/c2ccc(-c3ccc(F)cc3)s2)CC1. The first-order valence-electron chi connectivity index (χ1n) is 10.6. The van der Waals surface area contributed by atoms with E-state index >= 15 is 0 Å². The number of halogens is 1. The summed E-state index contributed by atoms with van der Waals surface area (Å²) in [6.07, 6.45) is 4.88. The van der Waals surface area contributed by atoms with E-state index in [0.29, 0.717) is 37.8 Å². The first kappa shape index (κ1) is 21.7. The van der Waals surface area contributed by atoms with Gasteiger partial charge in [0.15, 0.2) is 5.76 Å². The van der Waals surface area contributed by atoms with E-state index in [-0.39, 0.29) is 23.3 Å². The number of hydrogen-bond donors (Lipinski definition) is 0. The summed E-state index contributed by atoms with van der Waals surface area (Å²) < 4.78 is 24.2. The second kappa shape index (κ2) is 9.37. The van der Waals surface area contributed by atoms with E-state index in [1.54, 1.807) is 41.3 Å². The van der Waals surface area contributed by atoms with Crippen LogP contribution in [0.5, 0.6) is 0 Å². The fourth-order valence-electron chi connectivity index (χ4n) is 3.71. The Morgan fingerprint density at radius 2 is 1.91 bits per heavy atom. The van der Waals surface area contributed by atoms with Crippen LogP contribution in [0.2, 0.25) is 0 Å². The van der Waals surface area contributed by atoms with Crippen LogP contribution in [0.25, 0.3) is 28.2 Å². The third kappa shape index (κ3) is 4.49. The van der Waals surface area contributed by atoms with Gasteiger partial charge in [0, 0.05) is 42.0 Å². The Balaban J connectivity index is 1.20. The molecule has 9 heteroatoms. The monoisotopic (exact) mass is 474 g/mol. The molecule has 1 aliphatic heterocycles. The predicted molar refractivity (Wildman–Crippen MR) is 126 cm³/mol. The van der Waals surface area contributed by atoms with Crippen molar-refractivity contribution in [3.63, 3.8) is 0 Å². The number of hydrogen-bond acceptors (Lipinski definition) is 7. The highest BCUT2D eigenvalue weighted by molar-refractivity contribution is 7.16. The predicted octanol–water partition coefficient (Wildman–Crippen LogP) is 5.04. The van der Waals surface area contributed by atoms with Gasteiger partial charge in [-0.15, -0.1) is 11.3 Å². The minimum atomic E-state index is -0.267. The van der Waals surface area contributed by atoms with Crippen LogP contribution in [0.15, 0.2) is 69.7 Å². The van der Waals surface area contributed by atoms with Crippen LogP contribution in [-0.4, -0.2) is 42.0 Å². The molecule has 1 aliphatic rings. The van der Waals surface area contributed by atoms with Crippen molar-refractivity contribution in [3.8, 4) is 28.2 Å². The van der Waals surface area contributed by atoms with E-state index in [9.17, 15) is 14.4 Å². The molecule has 34 heavy (non-hydrogen) atoms. The van der Waals surface area contributed by atoms with Crippen molar-refractivity contribution in [2.75, 3.05) is 31.1 Å². The topological polar surface area (TPSA) is 86.5 Å². The van der Waals surface area contributed by atoms with Gasteiger partial charge in [-0.05, 0) is 48.0 Å². The summed E-state index contributed by atoms with van der Waals surface area (Å²) in [5.74, 6) is 0.761. The molecule has 0 radical (unpaired) electrons. The smallest absolute Gasteiger partial charge is 0.266 e.